The van der Waals surface area contributed by atoms with Gasteiger partial charge in [-0.05, 0) is 43.4 Å². The van der Waals surface area contributed by atoms with Crippen molar-refractivity contribution < 1.29 is 15.7 Å². The summed E-state index contributed by atoms with van der Waals surface area (Å²) in [7, 11) is 0. The number of rotatable bonds is 0. The van der Waals surface area contributed by atoms with Gasteiger partial charge in [-0.2, -0.15) is 0 Å². The molecule has 0 aliphatic heterocycles. The summed E-state index contributed by atoms with van der Waals surface area (Å²) < 4.78 is 0. The topological polar surface area (TPSA) is 80.1 Å². The normalized spacial score (nSPS) is 24.7. The molecule has 3 aliphatic rings. The fourth-order valence-corrected chi connectivity index (χ4v) is 9.17. The Morgan fingerprint density at radius 1 is 0.321 bits per heavy atom. The molecule has 0 saturated heterocycles. The highest BCUT2D eigenvalue weighted by atomic mass is 16.1. The molecular formula is C53H106O3. The first-order valence-electron chi connectivity index (χ1n) is 25.7. The summed E-state index contributed by atoms with van der Waals surface area (Å²) in [5, 5.41) is 0. The molecule has 0 bridgehead atoms. The maximum absolute atomic E-state index is 11.7. The summed E-state index contributed by atoms with van der Waals surface area (Å²) in [5.41, 5.74) is 0. The maximum atomic E-state index is 11.7. The summed E-state index contributed by atoms with van der Waals surface area (Å²) in [6, 6.07) is 0. The molecule has 3 rings (SSSR count). The minimum atomic E-state index is 0. The van der Waals surface area contributed by atoms with Crippen molar-refractivity contribution in [3.63, 3.8) is 0 Å². The number of allylic oxidation sites excluding steroid dienone is 2. The molecule has 0 aromatic carbocycles. The molecule has 56 heavy (non-hydrogen) atoms. The van der Waals surface area contributed by atoms with E-state index in [1.807, 2.05) is 0 Å². The van der Waals surface area contributed by atoms with Crippen LogP contribution in [0.15, 0.2) is 12.2 Å². The van der Waals surface area contributed by atoms with Gasteiger partial charge < -0.3 is 11.0 Å². The van der Waals surface area contributed by atoms with E-state index in [2.05, 4.69) is 32.9 Å². The monoisotopic (exact) mass is 791 g/mol. The molecule has 2 fully saturated rings. The molecule has 1 atom stereocenters. The van der Waals surface area contributed by atoms with Gasteiger partial charge in [0.2, 0.25) is 0 Å². The predicted octanol–water partition coefficient (Wildman–Crippen LogP) is 17.5. The third-order valence-electron chi connectivity index (χ3n) is 13.1. The second-order valence-electron chi connectivity index (χ2n) is 19.2. The van der Waals surface area contributed by atoms with Crippen molar-refractivity contribution in [2.75, 3.05) is 0 Å². The van der Waals surface area contributed by atoms with E-state index < -0.39 is 0 Å². The molecule has 3 nitrogen and oxygen atoms in total. The molecule has 3 aliphatic carbocycles. The highest BCUT2D eigenvalue weighted by molar-refractivity contribution is 5.78. The molecule has 0 amide bonds. The lowest BCUT2D eigenvalue weighted by atomic mass is 9.95. The van der Waals surface area contributed by atoms with E-state index in [1.165, 1.54) is 257 Å². The van der Waals surface area contributed by atoms with Crippen molar-refractivity contribution >= 4 is 5.78 Å². The molecular weight excluding hydrogens is 685 g/mol. The van der Waals surface area contributed by atoms with Crippen LogP contribution in [0.4, 0.5) is 0 Å². The van der Waals surface area contributed by atoms with Crippen molar-refractivity contribution in [3.8, 4) is 0 Å². The smallest absolute Gasteiger partial charge is 0.133 e. The Labute approximate surface area is 353 Å². The Balaban J connectivity index is 0. The summed E-state index contributed by atoms with van der Waals surface area (Å²) in [6.07, 6.45) is 66.9. The van der Waals surface area contributed by atoms with Crippen LogP contribution in [0, 0.1) is 17.8 Å². The van der Waals surface area contributed by atoms with Crippen LogP contribution in [-0.2, 0) is 4.79 Å². The van der Waals surface area contributed by atoms with Gasteiger partial charge >= 0.3 is 0 Å². The first-order chi connectivity index (χ1) is 26.6. The number of carbonyl (C=O) groups excluding carboxylic acids is 1. The minimum absolute atomic E-state index is 0. The van der Waals surface area contributed by atoms with Crippen LogP contribution < -0.4 is 0 Å². The van der Waals surface area contributed by atoms with Crippen LogP contribution in [0.2, 0.25) is 0 Å². The Bertz CT molecular complexity index is 741. The van der Waals surface area contributed by atoms with Gasteiger partial charge in [-0.15, -0.1) is 0 Å². The van der Waals surface area contributed by atoms with Crippen molar-refractivity contribution in [2.45, 2.75) is 303 Å². The van der Waals surface area contributed by atoms with Gasteiger partial charge in [-0.25, -0.2) is 0 Å². The molecule has 0 aromatic rings. The molecule has 2 saturated carbocycles. The Morgan fingerprint density at radius 2 is 0.571 bits per heavy atom. The van der Waals surface area contributed by atoms with E-state index in [4.69, 9.17) is 0 Å². The second kappa shape index (κ2) is 47.0. The maximum Gasteiger partial charge on any atom is 0.133 e. The standard InChI is InChI=1S/C19H38.C18H36.C16H28O.2H2O/c1-19-17-15-13-11-9-7-5-3-2-4-6-8-10-12-14-16-18-19;1-18-16-14-12-10-8-6-4-2-3-5-7-9-11-13-15-17-18;1-15-12-10-8-6-4-2-3-5-7-9-11-13-16(17)14-15;;/h19H,2-18H2,1H3;18H,2-17H2,1H3;8,10,15H,2-7,9,11-14H2,1H3;2*1H2/b;;10-8-;;/t;;15-;;/m..1../s1. The summed E-state index contributed by atoms with van der Waals surface area (Å²) in [6.45, 7) is 7.13. The van der Waals surface area contributed by atoms with Gasteiger partial charge in [0.1, 0.15) is 5.78 Å². The Hall–Kier alpha value is -0.670. The first-order valence-corrected chi connectivity index (χ1v) is 25.7. The zero-order chi connectivity index (χ0) is 38.8. The zero-order valence-corrected chi connectivity index (χ0v) is 38.9. The van der Waals surface area contributed by atoms with Crippen molar-refractivity contribution in [1.29, 1.82) is 0 Å². The van der Waals surface area contributed by atoms with Gasteiger partial charge in [0.25, 0.3) is 0 Å². The third-order valence-corrected chi connectivity index (χ3v) is 13.1. The van der Waals surface area contributed by atoms with Crippen LogP contribution in [0.1, 0.15) is 303 Å². The minimum Gasteiger partial charge on any atom is -0.412 e. The summed E-state index contributed by atoms with van der Waals surface area (Å²) in [5.74, 6) is 2.98. The van der Waals surface area contributed by atoms with Crippen molar-refractivity contribution in [1.82, 2.24) is 0 Å². The van der Waals surface area contributed by atoms with E-state index in [-0.39, 0.29) is 11.0 Å². The third kappa shape index (κ3) is 44.4. The molecule has 0 unspecified atom stereocenters. The van der Waals surface area contributed by atoms with Gasteiger partial charge in [-0.3, -0.25) is 4.79 Å². The van der Waals surface area contributed by atoms with Crippen molar-refractivity contribution in [3.05, 3.63) is 12.2 Å². The number of hydrogen-bond donors (Lipinski definition) is 0. The highest BCUT2D eigenvalue weighted by Gasteiger charge is 2.08. The van der Waals surface area contributed by atoms with Crippen LogP contribution in [0.3, 0.4) is 0 Å². The summed E-state index contributed by atoms with van der Waals surface area (Å²) >= 11 is 0. The lowest BCUT2D eigenvalue weighted by Crippen LogP contribution is -2.04. The molecule has 0 aromatic heterocycles. The molecule has 0 radical (unpaired) electrons. The van der Waals surface area contributed by atoms with Crippen LogP contribution in [-0.4, -0.2) is 16.7 Å². The number of Topliss-reactive ketones (excluding diaryl/α,β-unsaturated/α-hetero) is 1. The average Bonchev–Trinajstić information content (AvgIpc) is 3.16. The number of carbonyl (C=O) groups is 1. The van der Waals surface area contributed by atoms with Gasteiger partial charge in [-0.1, -0.05) is 277 Å². The van der Waals surface area contributed by atoms with Crippen LogP contribution in [0.25, 0.3) is 0 Å². The molecule has 336 valence electrons. The quantitative estimate of drug-likeness (QED) is 0.225. The van der Waals surface area contributed by atoms with E-state index >= 15 is 0 Å². The fraction of sp³-hybridized carbons (Fsp3) is 0.943. The molecule has 3 heteroatoms. The average molecular weight is 791 g/mol. The first kappa shape index (κ1) is 57.4. The lowest BCUT2D eigenvalue weighted by Gasteiger charge is -2.11. The molecule has 0 spiro atoms. The Morgan fingerprint density at radius 3 is 0.875 bits per heavy atom. The van der Waals surface area contributed by atoms with Gasteiger partial charge in [0, 0.05) is 12.8 Å². The van der Waals surface area contributed by atoms with Gasteiger partial charge in [0.15, 0.2) is 0 Å². The zero-order valence-electron chi connectivity index (χ0n) is 38.9. The van der Waals surface area contributed by atoms with Crippen molar-refractivity contribution in [2.24, 2.45) is 17.8 Å². The Kier molecular flexibility index (Phi) is 48.2. The van der Waals surface area contributed by atoms with Crippen LogP contribution >= 0.6 is 0 Å². The van der Waals surface area contributed by atoms with E-state index in [0.29, 0.717) is 11.7 Å². The SMILES string of the molecule is CC1CCCCCCCCCCCCCCCC1.CC1CCCCCCCCCCCCCCCCC1.C[C@@H]1C/C=C\CCCCCCCCCC(=O)C1.O.O. The number of hydrogen-bond acceptors (Lipinski definition) is 1. The fourth-order valence-electron chi connectivity index (χ4n) is 9.17. The molecule has 4 N–H and O–H groups in total. The van der Waals surface area contributed by atoms with E-state index in [1.54, 1.807) is 0 Å². The molecule has 0 heterocycles. The number of ketones is 1. The largest absolute Gasteiger partial charge is 0.412 e. The highest BCUT2D eigenvalue weighted by Crippen LogP contribution is 2.22. The second-order valence-corrected chi connectivity index (χ2v) is 19.2. The predicted molar refractivity (Wildman–Crippen MR) is 252 cm³/mol. The van der Waals surface area contributed by atoms with E-state index in [9.17, 15) is 4.79 Å². The van der Waals surface area contributed by atoms with Gasteiger partial charge in [0.05, 0.1) is 0 Å². The summed E-state index contributed by atoms with van der Waals surface area (Å²) in [4.78, 5) is 11.7. The lowest BCUT2D eigenvalue weighted by molar-refractivity contribution is -0.119. The van der Waals surface area contributed by atoms with E-state index in [0.717, 1.165) is 37.5 Å². The van der Waals surface area contributed by atoms with Crippen LogP contribution in [0.5, 0.6) is 0 Å².